The molecule has 0 bridgehead atoms. The van der Waals surface area contributed by atoms with Gasteiger partial charge in [-0.3, -0.25) is 19.3 Å². The number of carbonyl (C=O) groups is 3. The fraction of sp³-hybridized carbons (Fsp3) is 0.737. The minimum Gasteiger partial charge on any atom is -0.338 e. The van der Waals surface area contributed by atoms with Crippen molar-refractivity contribution in [1.82, 2.24) is 14.7 Å². The molecule has 2 aliphatic heterocycles. The van der Waals surface area contributed by atoms with Crippen LogP contribution in [-0.2, 0) is 14.4 Å². The van der Waals surface area contributed by atoms with E-state index in [1.807, 2.05) is 37.9 Å². The number of hydrogen-bond donors (Lipinski definition) is 0. The molecule has 3 aliphatic rings. The summed E-state index contributed by atoms with van der Waals surface area (Å²) in [6.45, 7) is 7.05. The number of likely N-dealkylation sites (tertiary alicyclic amines) is 1. The lowest BCUT2D eigenvalue weighted by molar-refractivity contribution is -0.153. The van der Waals surface area contributed by atoms with E-state index in [1.165, 1.54) is 4.90 Å². The first kappa shape index (κ1) is 18.1. The van der Waals surface area contributed by atoms with Gasteiger partial charge in [0.25, 0.3) is 0 Å². The van der Waals surface area contributed by atoms with Crippen LogP contribution >= 0.6 is 0 Å². The Balaban J connectivity index is 1.82. The van der Waals surface area contributed by atoms with Crippen LogP contribution in [0.25, 0.3) is 0 Å². The summed E-state index contributed by atoms with van der Waals surface area (Å²) >= 11 is 0. The van der Waals surface area contributed by atoms with Gasteiger partial charge >= 0.3 is 0 Å². The number of amides is 3. The molecule has 2 heterocycles. The molecule has 3 amide bonds. The Bertz CT molecular complexity index is 552. The van der Waals surface area contributed by atoms with Crippen molar-refractivity contribution in [3.63, 3.8) is 0 Å². The van der Waals surface area contributed by atoms with Gasteiger partial charge in [-0.2, -0.15) is 0 Å². The van der Waals surface area contributed by atoms with Crippen molar-refractivity contribution in [3.8, 4) is 0 Å². The molecule has 2 fully saturated rings. The van der Waals surface area contributed by atoms with Crippen LogP contribution in [0.15, 0.2) is 12.2 Å². The molecule has 3 unspecified atom stereocenters. The van der Waals surface area contributed by atoms with E-state index < -0.39 is 6.04 Å². The van der Waals surface area contributed by atoms with E-state index in [-0.39, 0.29) is 35.5 Å². The number of fused-ring (bicyclic) bond motifs is 1. The maximum atomic E-state index is 13.2. The van der Waals surface area contributed by atoms with Gasteiger partial charge in [0, 0.05) is 26.2 Å². The average Bonchev–Trinajstić information content (AvgIpc) is 2.84. The second-order valence-electron chi connectivity index (χ2n) is 7.98. The highest BCUT2D eigenvalue weighted by molar-refractivity contribution is 6.08. The van der Waals surface area contributed by atoms with Gasteiger partial charge in [0.1, 0.15) is 6.04 Å². The van der Waals surface area contributed by atoms with Crippen LogP contribution in [0.2, 0.25) is 0 Å². The van der Waals surface area contributed by atoms with Crippen LogP contribution < -0.4 is 0 Å². The third kappa shape index (κ3) is 3.50. The van der Waals surface area contributed by atoms with Crippen LogP contribution in [0.1, 0.15) is 33.1 Å². The molecule has 0 aromatic heterocycles. The van der Waals surface area contributed by atoms with Crippen molar-refractivity contribution in [3.05, 3.63) is 12.2 Å². The molecule has 3 rings (SSSR count). The first-order valence-corrected chi connectivity index (χ1v) is 9.39. The maximum absolute atomic E-state index is 13.2. The summed E-state index contributed by atoms with van der Waals surface area (Å²) < 4.78 is 0. The highest BCUT2D eigenvalue weighted by Crippen LogP contribution is 2.37. The van der Waals surface area contributed by atoms with Gasteiger partial charge in [-0.05, 0) is 32.2 Å². The fourth-order valence-corrected chi connectivity index (χ4v) is 4.13. The molecule has 6 nitrogen and oxygen atoms in total. The predicted octanol–water partition coefficient (Wildman–Crippen LogP) is 1.13. The molecule has 1 aliphatic carbocycles. The van der Waals surface area contributed by atoms with Crippen molar-refractivity contribution < 1.29 is 14.4 Å². The Labute approximate surface area is 149 Å². The molecule has 25 heavy (non-hydrogen) atoms. The number of allylic oxidation sites excluding steroid dienone is 2. The minimum atomic E-state index is -0.644. The normalized spacial score (nSPS) is 28.6. The van der Waals surface area contributed by atoms with Gasteiger partial charge in [0.05, 0.1) is 11.8 Å². The Kier molecular flexibility index (Phi) is 5.27. The lowest BCUT2D eigenvalue weighted by Crippen LogP contribution is -2.56. The van der Waals surface area contributed by atoms with Crippen LogP contribution in [-0.4, -0.2) is 71.7 Å². The number of piperazine rings is 1. The second kappa shape index (κ2) is 7.28. The summed E-state index contributed by atoms with van der Waals surface area (Å²) in [5, 5.41) is 0. The van der Waals surface area contributed by atoms with Gasteiger partial charge in [0.15, 0.2) is 0 Å². The molecule has 0 spiro atoms. The molecular formula is C19H29N3O3. The second-order valence-corrected chi connectivity index (χ2v) is 7.98. The van der Waals surface area contributed by atoms with E-state index in [1.54, 1.807) is 0 Å². The molecule has 6 heteroatoms. The predicted molar refractivity (Wildman–Crippen MR) is 94.5 cm³/mol. The molecule has 0 aromatic rings. The monoisotopic (exact) mass is 347 g/mol. The summed E-state index contributed by atoms with van der Waals surface area (Å²) in [5.74, 6) is -0.655. The van der Waals surface area contributed by atoms with Crippen molar-refractivity contribution in [2.75, 3.05) is 33.2 Å². The lowest BCUT2D eigenvalue weighted by Gasteiger charge is -2.37. The molecule has 2 saturated heterocycles. The van der Waals surface area contributed by atoms with Gasteiger partial charge in [0.2, 0.25) is 17.7 Å². The fourth-order valence-electron chi connectivity index (χ4n) is 4.13. The first-order valence-electron chi connectivity index (χ1n) is 9.39. The molecular weight excluding hydrogens is 318 g/mol. The molecule has 0 aromatic carbocycles. The topological polar surface area (TPSA) is 60.9 Å². The van der Waals surface area contributed by atoms with Gasteiger partial charge in [-0.25, -0.2) is 0 Å². The van der Waals surface area contributed by atoms with Crippen molar-refractivity contribution in [2.45, 2.75) is 39.2 Å². The minimum absolute atomic E-state index is 0.0601. The first-order chi connectivity index (χ1) is 11.9. The van der Waals surface area contributed by atoms with Crippen LogP contribution in [0.3, 0.4) is 0 Å². The Morgan fingerprint density at radius 2 is 1.56 bits per heavy atom. The Hall–Kier alpha value is -1.69. The van der Waals surface area contributed by atoms with E-state index in [2.05, 4.69) is 4.90 Å². The highest BCUT2D eigenvalue weighted by atomic mass is 16.2. The summed E-state index contributed by atoms with van der Waals surface area (Å²) in [6, 6.07) is -0.644. The quantitative estimate of drug-likeness (QED) is 0.565. The van der Waals surface area contributed by atoms with Crippen molar-refractivity contribution in [2.24, 2.45) is 17.8 Å². The molecule has 0 radical (unpaired) electrons. The van der Waals surface area contributed by atoms with E-state index >= 15 is 0 Å². The maximum Gasteiger partial charge on any atom is 0.245 e. The number of hydrogen-bond acceptors (Lipinski definition) is 4. The average molecular weight is 347 g/mol. The molecule has 0 saturated carbocycles. The van der Waals surface area contributed by atoms with E-state index in [0.29, 0.717) is 32.4 Å². The smallest absolute Gasteiger partial charge is 0.245 e. The van der Waals surface area contributed by atoms with Gasteiger partial charge in [-0.15, -0.1) is 0 Å². The molecule has 3 atom stereocenters. The SMILES string of the molecule is CC(C)CC(C(=O)N1CCN(C)CC1)N1C(=O)C2CC=CCC2C1=O. The zero-order valence-electron chi connectivity index (χ0n) is 15.5. The van der Waals surface area contributed by atoms with E-state index in [4.69, 9.17) is 0 Å². The van der Waals surface area contributed by atoms with Crippen LogP contribution in [0.4, 0.5) is 0 Å². The zero-order valence-corrected chi connectivity index (χ0v) is 15.5. The van der Waals surface area contributed by atoms with Crippen LogP contribution in [0.5, 0.6) is 0 Å². The zero-order chi connectivity index (χ0) is 18.1. The Morgan fingerprint density at radius 1 is 1.04 bits per heavy atom. The summed E-state index contributed by atoms with van der Waals surface area (Å²) in [7, 11) is 2.04. The standard InChI is InChI=1S/C19H29N3O3/c1-13(2)12-16(19(25)21-10-8-20(3)9-11-21)22-17(23)14-6-4-5-7-15(14)18(22)24/h4-5,13-16H,6-12H2,1-3H3. The van der Waals surface area contributed by atoms with E-state index in [9.17, 15) is 14.4 Å². The Morgan fingerprint density at radius 3 is 2.04 bits per heavy atom. The summed E-state index contributed by atoms with van der Waals surface area (Å²) in [5.41, 5.74) is 0. The molecule has 138 valence electrons. The number of nitrogens with zero attached hydrogens (tertiary/aromatic N) is 3. The van der Waals surface area contributed by atoms with Gasteiger partial charge < -0.3 is 9.80 Å². The van der Waals surface area contributed by atoms with Crippen molar-refractivity contribution in [1.29, 1.82) is 0 Å². The van der Waals surface area contributed by atoms with Crippen molar-refractivity contribution >= 4 is 17.7 Å². The number of imide groups is 1. The largest absolute Gasteiger partial charge is 0.338 e. The third-order valence-corrected chi connectivity index (χ3v) is 5.65. The lowest BCUT2D eigenvalue weighted by atomic mass is 9.85. The third-order valence-electron chi connectivity index (χ3n) is 5.65. The highest BCUT2D eigenvalue weighted by Gasteiger charge is 2.51. The summed E-state index contributed by atoms with van der Waals surface area (Å²) in [6.07, 6.45) is 5.73. The van der Waals surface area contributed by atoms with Crippen LogP contribution in [0, 0.1) is 17.8 Å². The van der Waals surface area contributed by atoms with Gasteiger partial charge in [-0.1, -0.05) is 26.0 Å². The molecule has 0 N–H and O–H groups in total. The number of rotatable bonds is 4. The number of likely N-dealkylation sites (N-methyl/N-ethyl adjacent to an activating group) is 1. The summed E-state index contributed by atoms with van der Waals surface area (Å²) in [4.78, 5) is 44.3. The van der Waals surface area contributed by atoms with E-state index in [0.717, 1.165) is 13.1 Å². The number of carbonyl (C=O) groups excluding carboxylic acids is 3.